The van der Waals surface area contributed by atoms with Crippen LogP contribution in [0, 0.1) is 0 Å². The maximum Gasteiger partial charge on any atom is 0.319 e. The topological polar surface area (TPSA) is 70.6 Å². The highest BCUT2D eigenvalue weighted by atomic mass is 16.5. The van der Waals surface area contributed by atoms with Crippen LogP contribution in [0.15, 0.2) is 54.6 Å². The number of aliphatic hydroxyl groups is 1. The lowest BCUT2D eigenvalue weighted by Gasteiger charge is -2.19. The molecule has 24 heavy (non-hydrogen) atoms. The van der Waals surface area contributed by atoms with Gasteiger partial charge in [-0.1, -0.05) is 42.5 Å². The van der Waals surface area contributed by atoms with Gasteiger partial charge in [-0.2, -0.15) is 0 Å². The van der Waals surface area contributed by atoms with Gasteiger partial charge < -0.3 is 20.5 Å². The van der Waals surface area contributed by atoms with E-state index in [1.807, 2.05) is 61.5 Å². The highest BCUT2D eigenvalue weighted by Crippen LogP contribution is 2.17. The summed E-state index contributed by atoms with van der Waals surface area (Å²) in [5.74, 6) is 0. The second-order valence-corrected chi connectivity index (χ2v) is 5.41. The molecule has 5 heteroatoms. The standard InChI is InChI=1S/C19H24N2O3/c1-2-24-14-15-7-6-10-17(13-15)20-19(23)21-18(11-12-22)16-8-4-3-5-9-16/h3-10,13,18,22H,2,11-12,14H2,1H3,(H2,20,21,23)/t18-/m1/s1. The molecule has 2 amide bonds. The van der Waals surface area contributed by atoms with Crippen molar-refractivity contribution < 1.29 is 14.6 Å². The zero-order chi connectivity index (χ0) is 17.2. The number of aliphatic hydroxyl groups excluding tert-OH is 1. The van der Waals surface area contributed by atoms with Crippen LogP contribution in [-0.2, 0) is 11.3 Å². The van der Waals surface area contributed by atoms with E-state index in [0.717, 1.165) is 11.1 Å². The van der Waals surface area contributed by atoms with Gasteiger partial charge in [-0.25, -0.2) is 4.79 Å². The lowest BCUT2D eigenvalue weighted by atomic mass is 10.0. The van der Waals surface area contributed by atoms with Crippen molar-refractivity contribution in [1.82, 2.24) is 5.32 Å². The molecule has 128 valence electrons. The van der Waals surface area contributed by atoms with Crippen LogP contribution in [0.4, 0.5) is 10.5 Å². The first-order chi connectivity index (χ1) is 11.7. The summed E-state index contributed by atoms with van der Waals surface area (Å²) in [6.07, 6.45) is 0.460. The quantitative estimate of drug-likeness (QED) is 0.695. The summed E-state index contributed by atoms with van der Waals surface area (Å²) >= 11 is 0. The monoisotopic (exact) mass is 328 g/mol. The number of benzene rings is 2. The van der Waals surface area contributed by atoms with Crippen LogP contribution in [0.25, 0.3) is 0 Å². The molecule has 2 aromatic carbocycles. The number of ether oxygens (including phenoxy) is 1. The molecule has 0 aliphatic rings. The van der Waals surface area contributed by atoms with Gasteiger partial charge in [0.25, 0.3) is 0 Å². The third kappa shape index (κ3) is 5.68. The number of nitrogens with one attached hydrogen (secondary N) is 2. The Labute approximate surface area is 142 Å². The molecule has 1 atom stereocenters. The fourth-order valence-corrected chi connectivity index (χ4v) is 2.42. The lowest BCUT2D eigenvalue weighted by Crippen LogP contribution is -2.33. The summed E-state index contributed by atoms with van der Waals surface area (Å²) in [5.41, 5.74) is 2.68. The molecule has 2 aromatic rings. The van der Waals surface area contributed by atoms with Gasteiger partial charge in [0.1, 0.15) is 0 Å². The summed E-state index contributed by atoms with van der Waals surface area (Å²) in [7, 11) is 0. The predicted molar refractivity (Wildman–Crippen MR) is 94.8 cm³/mol. The number of hydrogen-bond acceptors (Lipinski definition) is 3. The zero-order valence-electron chi connectivity index (χ0n) is 13.9. The molecular formula is C19H24N2O3. The van der Waals surface area contributed by atoms with Crippen molar-refractivity contribution in [3.05, 3.63) is 65.7 Å². The highest BCUT2D eigenvalue weighted by Gasteiger charge is 2.14. The molecular weight excluding hydrogens is 304 g/mol. The second kappa shape index (κ2) is 9.70. The lowest BCUT2D eigenvalue weighted by molar-refractivity contribution is 0.134. The molecule has 0 saturated heterocycles. The van der Waals surface area contributed by atoms with Crippen molar-refractivity contribution in [3.8, 4) is 0 Å². The predicted octanol–water partition coefficient (Wildman–Crippen LogP) is 3.47. The Balaban J connectivity index is 1.98. The summed E-state index contributed by atoms with van der Waals surface area (Å²) in [4.78, 5) is 12.3. The van der Waals surface area contributed by atoms with Gasteiger partial charge in [0.2, 0.25) is 0 Å². The van der Waals surface area contributed by atoms with E-state index in [1.165, 1.54) is 0 Å². The van der Waals surface area contributed by atoms with E-state index in [-0.39, 0.29) is 18.7 Å². The fraction of sp³-hybridized carbons (Fsp3) is 0.316. The number of anilines is 1. The van der Waals surface area contributed by atoms with Gasteiger partial charge in [-0.05, 0) is 36.6 Å². The van der Waals surface area contributed by atoms with E-state index >= 15 is 0 Å². The van der Waals surface area contributed by atoms with Crippen molar-refractivity contribution in [2.45, 2.75) is 26.0 Å². The molecule has 0 saturated carbocycles. The summed E-state index contributed by atoms with van der Waals surface area (Å²) in [5, 5.41) is 15.0. The van der Waals surface area contributed by atoms with Crippen LogP contribution in [0.3, 0.4) is 0 Å². The number of rotatable bonds is 8. The van der Waals surface area contributed by atoms with Gasteiger partial charge in [0.15, 0.2) is 0 Å². The number of urea groups is 1. The molecule has 5 nitrogen and oxygen atoms in total. The van der Waals surface area contributed by atoms with E-state index in [9.17, 15) is 9.90 Å². The second-order valence-electron chi connectivity index (χ2n) is 5.41. The zero-order valence-corrected chi connectivity index (χ0v) is 13.9. The average molecular weight is 328 g/mol. The molecule has 0 aliphatic heterocycles. The Morgan fingerprint density at radius 1 is 1.17 bits per heavy atom. The molecule has 0 bridgehead atoms. The summed E-state index contributed by atoms with van der Waals surface area (Å²) in [6, 6.07) is 16.6. The normalized spacial score (nSPS) is 11.8. The van der Waals surface area contributed by atoms with Gasteiger partial charge >= 0.3 is 6.03 Å². The van der Waals surface area contributed by atoms with E-state index in [4.69, 9.17) is 4.74 Å². The summed E-state index contributed by atoms with van der Waals surface area (Å²) in [6.45, 7) is 3.12. The minimum Gasteiger partial charge on any atom is -0.396 e. The highest BCUT2D eigenvalue weighted by molar-refractivity contribution is 5.89. The Bertz CT molecular complexity index is 632. The Morgan fingerprint density at radius 3 is 2.67 bits per heavy atom. The van der Waals surface area contributed by atoms with Gasteiger partial charge in [-0.15, -0.1) is 0 Å². The third-order valence-corrected chi connectivity index (χ3v) is 3.58. The first-order valence-corrected chi connectivity index (χ1v) is 8.13. The van der Waals surface area contributed by atoms with Crippen LogP contribution in [-0.4, -0.2) is 24.4 Å². The molecule has 0 unspecified atom stereocenters. The van der Waals surface area contributed by atoms with Gasteiger partial charge in [-0.3, -0.25) is 0 Å². The van der Waals surface area contributed by atoms with Crippen molar-refractivity contribution in [1.29, 1.82) is 0 Å². The third-order valence-electron chi connectivity index (χ3n) is 3.58. The summed E-state index contributed by atoms with van der Waals surface area (Å²) < 4.78 is 5.38. The van der Waals surface area contributed by atoms with Crippen LogP contribution in [0.1, 0.15) is 30.5 Å². The van der Waals surface area contributed by atoms with Crippen molar-refractivity contribution in [2.24, 2.45) is 0 Å². The molecule has 0 aliphatic carbocycles. The Morgan fingerprint density at radius 2 is 1.96 bits per heavy atom. The van der Waals surface area contributed by atoms with Crippen LogP contribution < -0.4 is 10.6 Å². The number of hydrogen-bond donors (Lipinski definition) is 3. The maximum atomic E-state index is 12.3. The average Bonchev–Trinajstić information content (AvgIpc) is 2.60. The van der Waals surface area contributed by atoms with Crippen LogP contribution in [0.2, 0.25) is 0 Å². The molecule has 2 rings (SSSR count). The van der Waals surface area contributed by atoms with E-state index in [0.29, 0.717) is 25.3 Å². The molecule has 0 spiro atoms. The van der Waals surface area contributed by atoms with Crippen LogP contribution in [0.5, 0.6) is 0 Å². The van der Waals surface area contributed by atoms with E-state index in [2.05, 4.69) is 10.6 Å². The number of carbonyl (C=O) groups excluding carboxylic acids is 1. The molecule has 0 radical (unpaired) electrons. The van der Waals surface area contributed by atoms with Crippen molar-refractivity contribution in [2.75, 3.05) is 18.5 Å². The Kier molecular flexibility index (Phi) is 7.26. The molecule has 0 aromatic heterocycles. The van der Waals surface area contributed by atoms with Crippen molar-refractivity contribution >= 4 is 11.7 Å². The number of amides is 2. The van der Waals surface area contributed by atoms with E-state index in [1.54, 1.807) is 0 Å². The molecule has 0 fully saturated rings. The van der Waals surface area contributed by atoms with Gasteiger partial charge in [0.05, 0.1) is 12.6 Å². The smallest absolute Gasteiger partial charge is 0.319 e. The largest absolute Gasteiger partial charge is 0.396 e. The molecule has 3 N–H and O–H groups in total. The minimum absolute atomic E-state index is 0.00365. The van der Waals surface area contributed by atoms with E-state index < -0.39 is 0 Å². The minimum atomic E-state index is -0.300. The van der Waals surface area contributed by atoms with Gasteiger partial charge in [0, 0.05) is 18.9 Å². The fourth-order valence-electron chi connectivity index (χ4n) is 2.42. The first kappa shape index (κ1) is 18.0. The number of carbonyl (C=O) groups is 1. The SMILES string of the molecule is CCOCc1cccc(NC(=O)N[C@H](CCO)c2ccccc2)c1. The maximum absolute atomic E-state index is 12.3. The first-order valence-electron chi connectivity index (χ1n) is 8.13. The van der Waals surface area contributed by atoms with Crippen molar-refractivity contribution in [3.63, 3.8) is 0 Å². The Hall–Kier alpha value is -2.37. The molecule has 0 heterocycles. The van der Waals surface area contributed by atoms with Crippen LogP contribution >= 0.6 is 0 Å².